The Morgan fingerprint density at radius 1 is 1.10 bits per heavy atom. The zero-order chi connectivity index (χ0) is 14.7. The van der Waals surface area contributed by atoms with E-state index in [0.717, 1.165) is 18.4 Å². The van der Waals surface area contributed by atoms with Gasteiger partial charge in [0.2, 0.25) is 5.75 Å². The van der Waals surface area contributed by atoms with Crippen molar-refractivity contribution < 1.29 is 18.9 Å². The van der Waals surface area contributed by atoms with E-state index < -0.39 is 0 Å². The molecule has 0 radical (unpaired) electrons. The van der Waals surface area contributed by atoms with Crippen molar-refractivity contribution in [2.24, 2.45) is 0 Å². The Hall–Kier alpha value is -0.940. The van der Waals surface area contributed by atoms with E-state index in [0.29, 0.717) is 23.4 Å². The van der Waals surface area contributed by atoms with E-state index in [-0.39, 0.29) is 10.9 Å². The Morgan fingerprint density at radius 3 is 2.30 bits per heavy atom. The third-order valence-corrected chi connectivity index (χ3v) is 4.71. The minimum Gasteiger partial charge on any atom is -0.493 e. The van der Waals surface area contributed by atoms with Gasteiger partial charge in [-0.05, 0) is 25.8 Å². The molecule has 1 aliphatic rings. The highest BCUT2D eigenvalue weighted by Gasteiger charge is 2.32. The fourth-order valence-corrected chi connectivity index (χ4v) is 3.34. The molecule has 3 atom stereocenters. The Bertz CT molecular complexity index is 463. The van der Waals surface area contributed by atoms with Crippen molar-refractivity contribution in [1.82, 2.24) is 0 Å². The molecule has 112 valence electrons. The normalized spacial score (nSPS) is 23.4. The van der Waals surface area contributed by atoms with Gasteiger partial charge in [0.05, 0.1) is 38.4 Å². The summed E-state index contributed by atoms with van der Waals surface area (Å²) in [6.45, 7) is 2.10. The van der Waals surface area contributed by atoms with Gasteiger partial charge in [-0.2, -0.15) is 0 Å². The third-order valence-electron chi connectivity index (χ3n) is 3.62. The molecule has 4 nitrogen and oxygen atoms in total. The number of ether oxygens (including phenoxy) is 4. The summed E-state index contributed by atoms with van der Waals surface area (Å²) in [5.41, 5.74) is 1.02. The molecule has 1 fully saturated rings. The van der Waals surface area contributed by atoms with Gasteiger partial charge in [-0.15, -0.1) is 0 Å². The maximum Gasteiger partial charge on any atom is 0.203 e. The Kier molecular flexibility index (Phi) is 5.16. The molecular weight excluding hydrogens is 324 g/mol. The molecule has 0 aliphatic carbocycles. The molecule has 1 aromatic rings. The van der Waals surface area contributed by atoms with Crippen LogP contribution in [-0.2, 0) is 4.74 Å². The van der Waals surface area contributed by atoms with E-state index in [2.05, 4.69) is 22.9 Å². The van der Waals surface area contributed by atoms with Crippen LogP contribution in [0, 0.1) is 0 Å². The molecule has 0 saturated carbocycles. The van der Waals surface area contributed by atoms with Crippen LogP contribution in [0.3, 0.4) is 0 Å². The largest absolute Gasteiger partial charge is 0.493 e. The first kappa shape index (κ1) is 15.4. The number of halogens is 1. The Labute approximate surface area is 128 Å². The smallest absolute Gasteiger partial charge is 0.203 e. The minimum absolute atomic E-state index is 0.0715. The van der Waals surface area contributed by atoms with Crippen LogP contribution < -0.4 is 14.2 Å². The van der Waals surface area contributed by atoms with Gasteiger partial charge < -0.3 is 18.9 Å². The van der Waals surface area contributed by atoms with Gasteiger partial charge in [-0.3, -0.25) is 0 Å². The molecule has 1 aliphatic heterocycles. The van der Waals surface area contributed by atoms with Gasteiger partial charge in [0.1, 0.15) is 0 Å². The molecular formula is C15H21BrO4. The summed E-state index contributed by atoms with van der Waals surface area (Å²) in [4.78, 5) is 0.0715. The summed E-state index contributed by atoms with van der Waals surface area (Å²) in [5.74, 6) is 1.97. The highest BCUT2D eigenvalue weighted by Crippen LogP contribution is 2.47. The van der Waals surface area contributed by atoms with Gasteiger partial charge in [-0.25, -0.2) is 0 Å². The molecule has 0 N–H and O–H groups in total. The molecule has 2 rings (SSSR count). The monoisotopic (exact) mass is 344 g/mol. The third kappa shape index (κ3) is 2.88. The second kappa shape index (κ2) is 6.68. The van der Waals surface area contributed by atoms with E-state index in [1.165, 1.54) is 0 Å². The minimum atomic E-state index is 0.0715. The number of benzene rings is 1. The molecule has 20 heavy (non-hydrogen) atoms. The van der Waals surface area contributed by atoms with Crippen molar-refractivity contribution >= 4 is 15.9 Å². The molecule has 0 aromatic heterocycles. The van der Waals surface area contributed by atoms with E-state index >= 15 is 0 Å². The van der Waals surface area contributed by atoms with Crippen molar-refractivity contribution in [2.75, 3.05) is 21.3 Å². The zero-order valence-electron chi connectivity index (χ0n) is 12.3. The van der Waals surface area contributed by atoms with Crippen LogP contribution in [0.25, 0.3) is 0 Å². The molecule has 0 bridgehead atoms. The summed E-state index contributed by atoms with van der Waals surface area (Å²) in [7, 11) is 4.87. The van der Waals surface area contributed by atoms with Gasteiger partial charge in [-0.1, -0.05) is 22.0 Å². The summed E-state index contributed by atoms with van der Waals surface area (Å²) < 4.78 is 22.2. The lowest BCUT2D eigenvalue weighted by molar-refractivity contribution is 0.0552. The number of hydrogen-bond donors (Lipinski definition) is 0. The molecule has 1 saturated heterocycles. The standard InChI is InChI=1S/C15H21BrO4/c1-9-5-7-11(20-9)13(16)10-6-8-12(17-2)15(19-4)14(10)18-3/h6,8-9,11,13H,5,7H2,1-4H3. The van der Waals surface area contributed by atoms with Gasteiger partial charge in [0.15, 0.2) is 11.5 Å². The van der Waals surface area contributed by atoms with Crippen LogP contribution in [0.1, 0.15) is 30.2 Å². The summed E-state index contributed by atoms with van der Waals surface area (Å²) in [6.07, 6.45) is 2.58. The van der Waals surface area contributed by atoms with Crippen LogP contribution in [0.5, 0.6) is 17.2 Å². The maximum atomic E-state index is 5.93. The predicted molar refractivity (Wildman–Crippen MR) is 81.3 cm³/mol. The van der Waals surface area contributed by atoms with Crippen LogP contribution in [0.4, 0.5) is 0 Å². The first-order valence-corrected chi connectivity index (χ1v) is 7.62. The second-order valence-corrected chi connectivity index (χ2v) is 5.87. The lowest BCUT2D eigenvalue weighted by atomic mass is 10.0. The summed E-state index contributed by atoms with van der Waals surface area (Å²) in [5, 5.41) is 0. The first-order valence-electron chi connectivity index (χ1n) is 6.70. The molecule has 0 spiro atoms. The second-order valence-electron chi connectivity index (χ2n) is 4.89. The van der Waals surface area contributed by atoms with Crippen LogP contribution >= 0.6 is 15.9 Å². The Morgan fingerprint density at radius 2 is 1.80 bits per heavy atom. The van der Waals surface area contributed by atoms with Crippen LogP contribution in [-0.4, -0.2) is 33.5 Å². The summed E-state index contributed by atoms with van der Waals surface area (Å²) >= 11 is 3.74. The van der Waals surface area contributed by atoms with Crippen LogP contribution in [0.2, 0.25) is 0 Å². The highest BCUT2D eigenvalue weighted by molar-refractivity contribution is 9.09. The molecule has 1 aromatic carbocycles. The fraction of sp³-hybridized carbons (Fsp3) is 0.600. The summed E-state index contributed by atoms with van der Waals surface area (Å²) in [6, 6.07) is 3.88. The zero-order valence-corrected chi connectivity index (χ0v) is 13.9. The van der Waals surface area contributed by atoms with Gasteiger partial charge >= 0.3 is 0 Å². The maximum absolute atomic E-state index is 5.93. The Balaban J connectivity index is 2.35. The number of hydrogen-bond acceptors (Lipinski definition) is 4. The van der Waals surface area contributed by atoms with Crippen molar-refractivity contribution in [3.63, 3.8) is 0 Å². The first-order chi connectivity index (χ1) is 9.62. The van der Waals surface area contributed by atoms with Crippen LogP contribution in [0.15, 0.2) is 12.1 Å². The average molecular weight is 345 g/mol. The average Bonchev–Trinajstić information content (AvgIpc) is 2.91. The SMILES string of the molecule is COc1ccc(C(Br)C2CCC(C)O2)c(OC)c1OC. The van der Waals surface area contributed by atoms with E-state index in [9.17, 15) is 0 Å². The molecule has 3 unspecified atom stereocenters. The van der Waals surface area contributed by atoms with Crippen molar-refractivity contribution in [3.8, 4) is 17.2 Å². The van der Waals surface area contributed by atoms with Crippen molar-refractivity contribution in [3.05, 3.63) is 17.7 Å². The van der Waals surface area contributed by atoms with Gasteiger partial charge in [0, 0.05) is 5.56 Å². The molecule has 5 heteroatoms. The highest BCUT2D eigenvalue weighted by atomic mass is 79.9. The van der Waals surface area contributed by atoms with E-state index in [1.54, 1.807) is 21.3 Å². The predicted octanol–water partition coefficient (Wildman–Crippen LogP) is 3.72. The quantitative estimate of drug-likeness (QED) is 0.763. The fourth-order valence-electron chi connectivity index (χ4n) is 2.59. The lowest BCUT2D eigenvalue weighted by Gasteiger charge is -2.22. The lowest BCUT2D eigenvalue weighted by Crippen LogP contribution is -2.15. The molecule has 1 heterocycles. The van der Waals surface area contributed by atoms with E-state index in [1.807, 2.05) is 12.1 Å². The number of methoxy groups -OCH3 is 3. The van der Waals surface area contributed by atoms with E-state index in [4.69, 9.17) is 18.9 Å². The number of alkyl halides is 1. The van der Waals surface area contributed by atoms with Crippen molar-refractivity contribution in [2.45, 2.75) is 36.8 Å². The van der Waals surface area contributed by atoms with Crippen molar-refractivity contribution in [1.29, 1.82) is 0 Å². The molecule has 0 amide bonds. The number of rotatable bonds is 5. The van der Waals surface area contributed by atoms with Gasteiger partial charge in [0.25, 0.3) is 0 Å². The topological polar surface area (TPSA) is 36.9 Å².